The van der Waals surface area contributed by atoms with Crippen molar-refractivity contribution in [3.63, 3.8) is 0 Å². The summed E-state index contributed by atoms with van der Waals surface area (Å²) >= 11 is 3.09. The second-order valence-electron chi connectivity index (χ2n) is 4.49. The molecule has 0 saturated carbocycles. The highest BCUT2D eigenvalue weighted by molar-refractivity contribution is 9.10. The van der Waals surface area contributed by atoms with E-state index in [0.29, 0.717) is 12.2 Å². The molecule has 0 unspecified atom stereocenters. The summed E-state index contributed by atoms with van der Waals surface area (Å²) in [6.07, 6.45) is 5.57. The van der Waals surface area contributed by atoms with Gasteiger partial charge in [0.1, 0.15) is 0 Å². The Labute approximate surface area is 126 Å². The van der Waals surface area contributed by atoms with E-state index in [9.17, 15) is 4.39 Å². The minimum Gasteiger partial charge on any atom is -0.490 e. The normalized spacial score (nSPS) is 11.7. The van der Waals surface area contributed by atoms with Gasteiger partial charge in [-0.15, -0.1) is 0 Å². The monoisotopic (exact) mass is 346 g/mol. The van der Waals surface area contributed by atoms with Crippen LogP contribution in [0.3, 0.4) is 0 Å². The number of oxime groups is 1. The number of unbranched alkanes of at least 4 members (excludes halogenated alkanes) is 4. The molecule has 0 atom stereocenters. The van der Waals surface area contributed by atoms with E-state index in [1.165, 1.54) is 25.3 Å². The lowest BCUT2D eigenvalue weighted by atomic mass is 10.1. The zero-order chi connectivity index (χ0) is 15.0. The minimum absolute atomic E-state index is 0.135. The summed E-state index contributed by atoms with van der Waals surface area (Å²) in [4.78, 5) is 0. The molecule has 0 spiro atoms. The van der Waals surface area contributed by atoms with Crippen molar-refractivity contribution in [3.05, 3.63) is 28.0 Å². The van der Waals surface area contributed by atoms with Gasteiger partial charge in [0.25, 0.3) is 0 Å². The number of nitrogens with two attached hydrogens (primary N) is 1. The van der Waals surface area contributed by atoms with Gasteiger partial charge in [-0.2, -0.15) is 0 Å². The van der Waals surface area contributed by atoms with Crippen molar-refractivity contribution >= 4 is 21.8 Å². The van der Waals surface area contributed by atoms with Gasteiger partial charge < -0.3 is 15.7 Å². The number of halogens is 2. The molecule has 6 heteroatoms. The van der Waals surface area contributed by atoms with Gasteiger partial charge in [0.05, 0.1) is 11.1 Å². The molecule has 0 saturated heterocycles. The second kappa shape index (κ2) is 8.79. The first-order chi connectivity index (χ1) is 9.61. The van der Waals surface area contributed by atoms with Gasteiger partial charge in [-0.05, 0) is 34.5 Å². The fourth-order valence-corrected chi connectivity index (χ4v) is 2.31. The highest BCUT2D eigenvalue weighted by Crippen LogP contribution is 2.28. The van der Waals surface area contributed by atoms with Gasteiger partial charge in [0.2, 0.25) is 0 Å². The van der Waals surface area contributed by atoms with Crippen molar-refractivity contribution in [1.82, 2.24) is 0 Å². The van der Waals surface area contributed by atoms with Crippen LogP contribution in [-0.2, 0) is 0 Å². The minimum atomic E-state index is -0.539. The van der Waals surface area contributed by atoms with Crippen LogP contribution in [0, 0.1) is 5.82 Å². The quantitative estimate of drug-likeness (QED) is 0.245. The molecule has 1 aromatic rings. The van der Waals surface area contributed by atoms with Crippen LogP contribution in [0.15, 0.2) is 21.8 Å². The molecule has 0 amide bonds. The highest BCUT2D eigenvalue weighted by atomic mass is 79.9. The molecule has 1 aromatic carbocycles. The Kier molecular flexibility index (Phi) is 7.36. The van der Waals surface area contributed by atoms with E-state index in [-0.39, 0.29) is 16.1 Å². The molecule has 3 N–H and O–H groups in total. The predicted molar refractivity (Wildman–Crippen MR) is 80.9 cm³/mol. The summed E-state index contributed by atoms with van der Waals surface area (Å²) in [6.45, 7) is 2.64. The molecule has 4 nitrogen and oxygen atoms in total. The predicted octanol–water partition coefficient (Wildman–Crippen LogP) is 4.03. The van der Waals surface area contributed by atoms with Crippen molar-refractivity contribution in [3.8, 4) is 5.75 Å². The van der Waals surface area contributed by atoms with E-state index in [1.54, 1.807) is 6.07 Å². The van der Waals surface area contributed by atoms with Crippen LogP contribution in [0.5, 0.6) is 5.75 Å². The molecule has 0 bridgehead atoms. The molecular weight excluding hydrogens is 327 g/mol. The third-order valence-electron chi connectivity index (χ3n) is 2.94. The molecule has 0 aromatic heterocycles. The van der Waals surface area contributed by atoms with Crippen molar-refractivity contribution in [2.24, 2.45) is 10.9 Å². The lowest BCUT2D eigenvalue weighted by Gasteiger charge is -2.10. The molecule has 20 heavy (non-hydrogen) atoms. The summed E-state index contributed by atoms with van der Waals surface area (Å²) in [5.41, 5.74) is 5.74. The summed E-state index contributed by atoms with van der Waals surface area (Å²) in [5.74, 6) is -0.522. The first-order valence-electron chi connectivity index (χ1n) is 6.70. The van der Waals surface area contributed by atoms with Crippen molar-refractivity contribution in [2.75, 3.05) is 6.61 Å². The third-order valence-corrected chi connectivity index (χ3v) is 3.71. The van der Waals surface area contributed by atoms with Crippen LogP contribution in [-0.4, -0.2) is 17.6 Å². The maximum absolute atomic E-state index is 14.0. The molecule has 0 aliphatic heterocycles. The van der Waals surface area contributed by atoms with E-state index in [1.807, 2.05) is 0 Å². The Hall–Kier alpha value is -1.30. The van der Waals surface area contributed by atoms with Crippen LogP contribution >= 0.6 is 15.9 Å². The van der Waals surface area contributed by atoms with Gasteiger partial charge >= 0.3 is 0 Å². The molecule has 112 valence electrons. The number of rotatable bonds is 8. The molecule has 1 rings (SSSR count). The first kappa shape index (κ1) is 16.8. The Bertz CT molecular complexity index is 467. The SMILES string of the molecule is CCCCCCCOc1ccc(/C(N)=N/O)c(Br)c1F. The Morgan fingerprint density at radius 2 is 2.05 bits per heavy atom. The summed E-state index contributed by atoms with van der Waals surface area (Å²) in [5, 5.41) is 11.5. The largest absolute Gasteiger partial charge is 0.490 e. The van der Waals surface area contributed by atoms with E-state index in [2.05, 4.69) is 28.0 Å². The summed E-state index contributed by atoms with van der Waals surface area (Å²) < 4.78 is 19.6. The molecule has 0 aliphatic rings. The molecule has 0 aliphatic carbocycles. The van der Waals surface area contributed by atoms with Crippen molar-refractivity contribution in [2.45, 2.75) is 39.0 Å². The van der Waals surface area contributed by atoms with E-state index >= 15 is 0 Å². The van der Waals surface area contributed by atoms with Crippen LogP contribution in [0.2, 0.25) is 0 Å². The number of amidine groups is 1. The van der Waals surface area contributed by atoms with Crippen molar-refractivity contribution < 1.29 is 14.3 Å². The Morgan fingerprint density at radius 1 is 1.35 bits per heavy atom. The average molecular weight is 347 g/mol. The number of nitrogens with zero attached hydrogens (tertiary/aromatic N) is 1. The maximum Gasteiger partial charge on any atom is 0.179 e. The zero-order valence-corrected chi connectivity index (χ0v) is 13.1. The smallest absolute Gasteiger partial charge is 0.179 e. The molecular formula is C14H20BrFN2O2. The van der Waals surface area contributed by atoms with Gasteiger partial charge in [-0.25, -0.2) is 4.39 Å². The van der Waals surface area contributed by atoms with Gasteiger partial charge in [-0.1, -0.05) is 37.8 Å². The number of ether oxygens (including phenoxy) is 1. The lowest BCUT2D eigenvalue weighted by molar-refractivity contribution is 0.289. The highest BCUT2D eigenvalue weighted by Gasteiger charge is 2.14. The first-order valence-corrected chi connectivity index (χ1v) is 7.49. The lowest BCUT2D eigenvalue weighted by Crippen LogP contribution is -2.14. The fraction of sp³-hybridized carbons (Fsp3) is 0.500. The van der Waals surface area contributed by atoms with Gasteiger partial charge in [0.15, 0.2) is 17.4 Å². The number of benzene rings is 1. The second-order valence-corrected chi connectivity index (χ2v) is 5.28. The molecule has 0 fully saturated rings. The third kappa shape index (κ3) is 4.67. The standard InChI is InChI=1S/C14H20BrFN2O2/c1-2-3-4-5-6-9-20-11-8-7-10(14(17)18-19)12(15)13(11)16/h7-8,19H,2-6,9H2,1H3,(H2,17,18). The van der Waals surface area contributed by atoms with E-state index in [0.717, 1.165) is 12.8 Å². The fourth-order valence-electron chi connectivity index (χ4n) is 1.78. The number of hydrogen-bond donors (Lipinski definition) is 2. The van der Waals surface area contributed by atoms with E-state index < -0.39 is 5.82 Å². The Morgan fingerprint density at radius 3 is 2.70 bits per heavy atom. The summed E-state index contributed by atoms with van der Waals surface area (Å²) in [6, 6.07) is 3.04. The van der Waals surface area contributed by atoms with Crippen molar-refractivity contribution in [1.29, 1.82) is 0 Å². The Balaban J connectivity index is 2.58. The topological polar surface area (TPSA) is 67.8 Å². The van der Waals surface area contributed by atoms with Crippen LogP contribution in [0.4, 0.5) is 4.39 Å². The maximum atomic E-state index is 14.0. The van der Waals surface area contributed by atoms with Crippen LogP contribution < -0.4 is 10.5 Å². The summed E-state index contributed by atoms with van der Waals surface area (Å²) in [7, 11) is 0. The van der Waals surface area contributed by atoms with Gasteiger partial charge in [0, 0.05) is 5.56 Å². The van der Waals surface area contributed by atoms with E-state index in [4.69, 9.17) is 15.7 Å². The molecule has 0 heterocycles. The van der Waals surface area contributed by atoms with Crippen LogP contribution in [0.25, 0.3) is 0 Å². The zero-order valence-electron chi connectivity index (χ0n) is 11.5. The van der Waals surface area contributed by atoms with Gasteiger partial charge in [-0.3, -0.25) is 0 Å². The number of hydrogen-bond acceptors (Lipinski definition) is 3. The molecule has 0 radical (unpaired) electrons. The van der Waals surface area contributed by atoms with Crippen LogP contribution in [0.1, 0.15) is 44.6 Å². The average Bonchev–Trinajstić information content (AvgIpc) is 2.46.